The van der Waals surface area contributed by atoms with Crippen LogP contribution < -0.4 is 5.32 Å². The van der Waals surface area contributed by atoms with Crippen LogP contribution >= 0.6 is 0 Å². The summed E-state index contributed by atoms with van der Waals surface area (Å²) in [5.74, 6) is 0.263. The molecule has 1 rings (SSSR count). The molecule has 3 heteroatoms. The van der Waals surface area contributed by atoms with Crippen LogP contribution in [0.15, 0.2) is 24.3 Å². The molecule has 21 heavy (non-hydrogen) atoms. The zero-order valence-corrected chi connectivity index (χ0v) is 14.0. The minimum Gasteiger partial charge on any atom is -0.468 e. The van der Waals surface area contributed by atoms with Crippen LogP contribution in [-0.2, 0) is 16.0 Å². The molecule has 0 amide bonds. The maximum Gasteiger partial charge on any atom is 0.322 e. The normalized spacial score (nSPS) is 14.0. The second-order valence-corrected chi connectivity index (χ2v) is 6.09. The fourth-order valence-corrected chi connectivity index (χ4v) is 2.51. The summed E-state index contributed by atoms with van der Waals surface area (Å²) in [6.45, 7) is 8.50. The first-order valence-corrected chi connectivity index (χ1v) is 7.90. The molecule has 1 aromatic carbocycles. The molecular formula is C18H29NO2. The van der Waals surface area contributed by atoms with Gasteiger partial charge in [0.2, 0.25) is 0 Å². The maximum absolute atomic E-state index is 11.9. The number of esters is 1. The third-order valence-electron chi connectivity index (χ3n) is 3.66. The minimum atomic E-state index is -0.250. The molecule has 0 saturated heterocycles. The fourth-order valence-electron chi connectivity index (χ4n) is 2.51. The predicted octanol–water partition coefficient (Wildman–Crippen LogP) is 3.88. The van der Waals surface area contributed by atoms with E-state index < -0.39 is 0 Å². The van der Waals surface area contributed by atoms with Gasteiger partial charge in [0.05, 0.1) is 7.11 Å². The minimum absolute atomic E-state index is 0.128. The van der Waals surface area contributed by atoms with Gasteiger partial charge < -0.3 is 4.74 Å². The van der Waals surface area contributed by atoms with Gasteiger partial charge in [0.1, 0.15) is 6.04 Å². The molecule has 1 aromatic rings. The van der Waals surface area contributed by atoms with E-state index in [1.54, 1.807) is 0 Å². The molecule has 0 aliphatic carbocycles. The highest BCUT2D eigenvalue weighted by Gasteiger charge is 2.22. The molecule has 118 valence electrons. The third kappa shape index (κ3) is 5.88. The monoisotopic (exact) mass is 291 g/mol. The Morgan fingerprint density at radius 1 is 1.19 bits per heavy atom. The number of nitrogens with one attached hydrogen (secondary N) is 1. The standard InChI is InChI=1S/C18H29NO2/c1-6-7-15-8-10-16(11-9-15)14(4)19-17(12-13(2)3)18(20)21-5/h8-11,13-14,17,19H,6-7,12H2,1-5H3. The van der Waals surface area contributed by atoms with Crippen LogP contribution in [0.5, 0.6) is 0 Å². The molecule has 0 aliphatic heterocycles. The molecule has 0 aliphatic rings. The van der Waals surface area contributed by atoms with Gasteiger partial charge in [-0.25, -0.2) is 0 Å². The summed E-state index contributed by atoms with van der Waals surface area (Å²) in [7, 11) is 1.45. The zero-order chi connectivity index (χ0) is 15.8. The van der Waals surface area contributed by atoms with Crippen LogP contribution in [0.4, 0.5) is 0 Å². The smallest absolute Gasteiger partial charge is 0.322 e. The largest absolute Gasteiger partial charge is 0.468 e. The number of carbonyl (C=O) groups excluding carboxylic acids is 1. The molecule has 1 N–H and O–H groups in total. The van der Waals surface area contributed by atoms with Gasteiger partial charge in [-0.1, -0.05) is 51.5 Å². The van der Waals surface area contributed by atoms with Crippen LogP contribution in [0.1, 0.15) is 57.7 Å². The van der Waals surface area contributed by atoms with E-state index >= 15 is 0 Å². The highest BCUT2D eigenvalue weighted by atomic mass is 16.5. The van der Waals surface area contributed by atoms with E-state index in [4.69, 9.17) is 4.74 Å². The third-order valence-corrected chi connectivity index (χ3v) is 3.66. The van der Waals surface area contributed by atoms with Crippen LogP contribution in [0.2, 0.25) is 0 Å². The van der Waals surface area contributed by atoms with E-state index in [1.165, 1.54) is 18.2 Å². The van der Waals surface area contributed by atoms with Gasteiger partial charge in [0.15, 0.2) is 0 Å². The molecule has 0 radical (unpaired) electrons. The number of benzene rings is 1. The second kappa shape index (κ2) is 8.83. The lowest BCUT2D eigenvalue weighted by atomic mass is 10.00. The molecule has 0 bridgehead atoms. The molecule has 3 nitrogen and oxygen atoms in total. The number of methoxy groups -OCH3 is 1. The first-order chi connectivity index (χ1) is 9.97. The summed E-state index contributed by atoms with van der Waals surface area (Å²) in [6, 6.07) is 8.52. The number of hydrogen-bond acceptors (Lipinski definition) is 3. The van der Waals surface area contributed by atoms with Crippen LogP contribution in [0.25, 0.3) is 0 Å². The Kier molecular flexibility index (Phi) is 7.44. The summed E-state index contributed by atoms with van der Waals surface area (Å²) in [5, 5.41) is 3.39. The van der Waals surface area contributed by atoms with Gasteiger partial charge in [-0.15, -0.1) is 0 Å². The van der Waals surface area contributed by atoms with Gasteiger partial charge in [-0.3, -0.25) is 10.1 Å². The van der Waals surface area contributed by atoms with E-state index in [0.717, 1.165) is 19.3 Å². The Morgan fingerprint density at radius 2 is 1.81 bits per heavy atom. The average molecular weight is 291 g/mol. The number of aryl methyl sites for hydroxylation is 1. The van der Waals surface area contributed by atoms with Crippen molar-refractivity contribution in [1.29, 1.82) is 0 Å². The molecular weight excluding hydrogens is 262 g/mol. The molecule has 2 unspecified atom stereocenters. The number of ether oxygens (including phenoxy) is 1. The lowest BCUT2D eigenvalue weighted by molar-refractivity contribution is -0.143. The highest BCUT2D eigenvalue weighted by molar-refractivity contribution is 5.75. The average Bonchev–Trinajstić information content (AvgIpc) is 2.46. The lowest BCUT2D eigenvalue weighted by Crippen LogP contribution is -2.40. The van der Waals surface area contributed by atoms with Gasteiger partial charge in [0.25, 0.3) is 0 Å². The van der Waals surface area contributed by atoms with Crippen molar-refractivity contribution in [1.82, 2.24) is 5.32 Å². The summed E-state index contributed by atoms with van der Waals surface area (Å²) in [5.41, 5.74) is 2.56. The van der Waals surface area contributed by atoms with Crippen molar-refractivity contribution in [3.05, 3.63) is 35.4 Å². The Balaban J connectivity index is 2.71. The SMILES string of the molecule is CCCc1ccc(C(C)NC(CC(C)C)C(=O)OC)cc1. The molecule has 0 spiro atoms. The number of hydrogen-bond donors (Lipinski definition) is 1. The quantitative estimate of drug-likeness (QED) is 0.739. The van der Waals surface area contributed by atoms with Crippen molar-refractivity contribution in [3.8, 4) is 0 Å². The van der Waals surface area contributed by atoms with Crippen LogP contribution in [0, 0.1) is 5.92 Å². The topological polar surface area (TPSA) is 38.3 Å². The van der Waals surface area contributed by atoms with E-state index in [1.807, 2.05) is 0 Å². The summed E-state index contributed by atoms with van der Waals surface area (Å²) >= 11 is 0. The van der Waals surface area contributed by atoms with Crippen molar-refractivity contribution in [2.45, 2.75) is 59.0 Å². The van der Waals surface area contributed by atoms with E-state index in [-0.39, 0.29) is 18.1 Å². The first kappa shape index (κ1) is 17.7. The van der Waals surface area contributed by atoms with Crippen molar-refractivity contribution in [3.63, 3.8) is 0 Å². The van der Waals surface area contributed by atoms with E-state index in [2.05, 4.69) is 57.3 Å². The van der Waals surface area contributed by atoms with Crippen LogP contribution in [0.3, 0.4) is 0 Å². The molecule has 0 aromatic heterocycles. The summed E-state index contributed by atoms with van der Waals surface area (Å²) in [6.07, 6.45) is 3.05. The Morgan fingerprint density at radius 3 is 2.29 bits per heavy atom. The first-order valence-electron chi connectivity index (χ1n) is 7.90. The Labute approximate surface area is 129 Å². The molecule has 0 heterocycles. The van der Waals surface area contributed by atoms with Crippen molar-refractivity contribution in [2.24, 2.45) is 5.92 Å². The lowest BCUT2D eigenvalue weighted by Gasteiger charge is -2.23. The van der Waals surface area contributed by atoms with Crippen LogP contribution in [-0.4, -0.2) is 19.1 Å². The number of carbonyl (C=O) groups is 1. The molecule has 0 fully saturated rings. The second-order valence-electron chi connectivity index (χ2n) is 6.09. The number of rotatable bonds is 8. The summed E-state index contributed by atoms with van der Waals surface area (Å²) in [4.78, 5) is 11.9. The van der Waals surface area contributed by atoms with E-state index in [0.29, 0.717) is 5.92 Å². The Bertz CT molecular complexity index is 425. The Hall–Kier alpha value is -1.35. The fraction of sp³-hybridized carbons (Fsp3) is 0.611. The summed E-state index contributed by atoms with van der Waals surface area (Å²) < 4.78 is 4.90. The van der Waals surface area contributed by atoms with Crippen molar-refractivity contribution < 1.29 is 9.53 Å². The van der Waals surface area contributed by atoms with Gasteiger partial charge in [-0.2, -0.15) is 0 Å². The van der Waals surface area contributed by atoms with Crippen molar-refractivity contribution in [2.75, 3.05) is 7.11 Å². The van der Waals surface area contributed by atoms with E-state index in [9.17, 15) is 4.79 Å². The highest BCUT2D eigenvalue weighted by Crippen LogP contribution is 2.17. The maximum atomic E-state index is 11.9. The molecule has 0 saturated carbocycles. The van der Waals surface area contributed by atoms with Gasteiger partial charge >= 0.3 is 5.97 Å². The van der Waals surface area contributed by atoms with Crippen molar-refractivity contribution >= 4 is 5.97 Å². The zero-order valence-electron chi connectivity index (χ0n) is 14.0. The predicted molar refractivity (Wildman–Crippen MR) is 87.2 cm³/mol. The van der Waals surface area contributed by atoms with Gasteiger partial charge in [0, 0.05) is 6.04 Å². The molecule has 2 atom stereocenters. The van der Waals surface area contributed by atoms with Gasteiger partial charge in [-0.05, 0) is 36.8 Å².